The third kappa shape index (κ3) is 2.46. The molecule has 0 aromatic carbocycles. The van der Waals surface area contributed by atoms with Crippen LogP contribution in [-0.4, -0.2) is 28.4 Å². The zero-order valence-electron chi connectivity index (χ0n) is 10.1. The lowest BCUT2D eigenvalue weighted by molar-refractivity contribution is -0.387. The van der Waals surface area contributed by atoms with Gasteiger partial charge in [-0.25, -0.2) is 8.42 Å². The van der Waals surface area contributed by atoms with Gasteiger partial charge in [0.15, 0.2) is 0 Å². The average molecular weight is 261 g/mol. The number of hydrogen-bond donors (Lipinski definition) is 0. The molecule has 0 fully saturated rings. The highest BCUT2D eigenvalue weighted by Crippen LogP contribution is 2.26. The summed E-state index contributed by atoms with van der Waals surface area (Å²) in [6.07, 6.45) is 1.15. The molecule has 0 unspecified atom stereocenters. The van der Waals surface area contributed by atoms with Crippen molar-refractivity contribution in [3.63, 3.8) is 0 Å². The molecule has 0 spiro atoms. The third-order valence-electron chi connectivity index (χ3n) is 2.30. The van der Waals surface area contributed by atoms with E-state index in [4.69, 9.17) is 0 Å². The van der Waals surface area contributed by atoms with Crippen LogP contribution in [0.15, 0.2) is 11.2 Å². The molecule has 1 heterocycles. The maximum Gasteiger partial charge on any atom is 0.326 e. The normalized spacial score (nSPS) is 12.4. The first kappa shape index (κ1) is 13.6. The van der Waals surface area contributed by atoms with Crippen LogP contribution in [0.1, 0.15) is 33.7 Å². The fraction of sp³-hybridized carbons (Fsp3) is 0.667. The van der Waals surface area contributed by atoms with Crippen LogP contribution in [0.4, 0.5) is 5.69 Å². The fourth-order valence-corrected chi connectivity index (χ4v) is 2.25. The van der Waals surface area contributed by atoms with Gasteiger partial charge in [-0.15, -0.1) is 0 Å². The minimum absolute atomic E-state index is 0.134. The van der Waals surface area contributed by atoms with Gasteiger partial charge in [0.05, 0.1) is 10.2 Å². The molecule has 0 N–H and O–H groups in total. The van der Waals surface area contributed by atoms with E-state index in [0.717, 1.165) is 6.20 Å². The molecule has 0 saturated heterocycles. The minimum atomic E-state index is -3.74. The molecule has 0 aliphatic carbocycles. The second-order valence-corrected chi connectivity index (χ2v) is 6.66. The Kier molecular flexibility index (Phi) is 3.56. The highest BCUT2D eigenvalue weighted by atomic mass is 32.2. The maximum absolute atomic E-state index is 11.9. The molecule has 1 aromatic rings. The van der Waals surface area contributed by atoms with E-state index in [1.807, 2.05) is 0 Å². The first-order valence-corrected chi connectivity index (χ1v) is 6.70. The van der Waals surface area contributed by atoms with Crippen LogP contribution in [-0.2, 0) is 9.84 Å². The lowest BCUT2D eigenvalue weighted by atomic mass is 10.4. The topological polar surface area (TPSA) is 95.1 Å². The van der Waals surface area contributed by atoms with Crippen LogP contribution in [0.2, 0.25) is 0 Å². The second-order valence-electron chi connectivity index (χ2n) is 4.24. The van der Waals surface area contributed by atoms with E-state index in [0.29, 0.717) is 0 Å². The first-order chi connectivity index (χ1) is 7.67. The lowest BCUT2D eigenvalue weighted by Gasteiger charge is -2.04. The summed E-state index contributed by atoms with van der Waals surface area (Å²) in [6, 6.07) is -0.134. The Labute approximate surface area is 99.5 Å². The molecule has 0 saturated carbocycles. The number of aromatic nitrogens is 2. The average Bonchev–Trinajstić information content (AvgIpc) is 2.61. The van der Waals surface area contributed by atoms with Crippen LogP contribution >= 0.6 is 0 Å². The van der Waals surface area contributed by atoms with Gasteiger partial charge in [0.1, 0.15) is 6.20 Å². The van der Waals surface area contributed by atoms with E-state index in [-0.39, 0.29) is 6.04 Å². The number of nitrogens with zero attached hydrogens (tertiary/aromatic N) is 3. The van der Waals surface area contributed by atoms with E-state index < -0.39 is 30.7 Å². The van der Waals surface area contributed by atoms with Crippen LogP contribution in [0, 0.1) is 10.1 Å². The van der Waals surface area contributed by atoms with Gasteiger partial charge in [0.2, 0.25) is 9.84 Å². The summed E-state index contributed by atoms with van der Waals surface area (Å²) in [7, 11) is -3.74. The van der Waals surface area contributed by atoms with E-state index in [1.165, 1.54) is 18.5 Å². The van der Waals surface area contributed by atoms with E-state index in [9.17, 15) is 18.5 Å². The number of nitro groups is 1. The quantitative estimate of drug-likeness (QED) is 0.605. The summed E-state index contributed by atoms with van der Waals surface area (Å²) in [4.78, 5) is 10.1. The van der Waals surface area contributed by atoms with Crippen molar-refractivity contribution >= 4 is 15.5 Å². The molecule has 96 valence electrons. The molecule has 0 bridgehead atoms. The number of sulfone groups is 1. The molecule has 0 aliphatic rings. The summed E-state index contributed by atoms with van der Waals surface area (Å²) in [5.74, 6) is 0. The first-order valence-electron chi connectivity index (χ1n) is 5.15. The molecule has 7 nitrogen and oxygen atoms in total. The Morgan fingerprint density at radius 2 is 1.88 bits per heavy atom. The highest BCUT2D eigenvalue weighted by molar-refractivity contribution is 7.92. The van der Waals surface area contributed by atoms with Gasteiger partial charge in [-0.2, -0.15) is 5.10 Å². The van der Waals surface area contributed by atoms with E-state index >= 15 is 0 Å². The molecular weight excluding hydrogens is 246 g/mol. The molecule has 0 aliphatic heterocycles. The Bertz CT molecular complexity index is 530. The molecule has 0 amide bonds. The van der Waals surface area contributed by atoms with E-state index in [2.05, 4.69) is 5.10 Å². The molecular formula is C9H15N3O4S. The minimum Gasteiger partial charge on any atom is -0.262 e. The summed E-state index contributed by atoms with van der Waals surface area (Å²) in [5.41, 5.74) is -0.465. The van der Waals surface area contributed by atoms with Crippen LogP contribution in [0.5, 0.6) is 0 Å². The predicted octanol–water partition coefficient (Wildman–Crippen LogP) is 1.55. The molecule has 1 aromatic heterocycles. The fourth-order valence-electron chi connectivity index (χ4n) is 1.18. The Hall–Kier alpha value is -1.44. The summed E-state index contributed by atoms with van der Waals surface area (Å²) >= 11 is 0. The molecule has 17 heavy (non-hydrogen) atoms. The van der Waals surface area contributed by atoms with Crippen molar-refractivity contribution in [3.8, 4) is 0 Å². The predicted molar refractivity (Wildman–Crippen MR) is 61.6 cm³/mol. The van der Waals surface area contributed by atoms with Crippen molar-refractivity contribution in [1.29, 1.82) is 0 Å². The van der Waals surface area contributed by atoms with Gasteiger partial charge in [-0.3, -0.25) is 14.8 Å². The lowest BCUT2D eigenvalue weighted by Crippen LogP contribution is -2.16. The van der Waals surface area contributed by atoms with Gasteiger partial charge in [0.25, 0.3) is 5.03 Å². The monoisotopic (exact) mass is 261 g/mol. The molecule has 8 heteroatoms. The van der Waals surface area contributed by atoms with Gasteiger partial charge >= 0.3 is 5.69 Å². The van der Waals surface area contributed by atoms with Crippen LogP contribution < -0.4 is 0 Å². The van der Waals surface area contributed by atoms with Crippen molar-refractivity contribution in [3.05, 3.63) is 16.3 Å². The van der Waals surface area contributed by atoms with Gasteiger partial charge in [0, 0.05) is 6.04 Å². The van der Waals surface area contributed by atoms with Crippen LogP contribution in [0.3, 0.4) is 0 Å². The largest absolute Gasteiger partial charge is 0.326 e. The van der Waals surface area contributed by atoms with E-state index in [1.54, 1.807) is 13.8 Å². The van der Waals surface area contributed by atoms with Crippen molar-refractivity contribution in [1.82, 2.24) is 9.78 Å². The zero-order valence-corrected chi connectivity index (χ0v) is 10.9. The maximum atomic E-state index is 11.9. The van der Waals surface area contributed by atoms with Gasteiger partial charge in [-0.05, 0) is 27.7 Å². The van der Waals surface area contributed by atoms with Crippen molar-refractivity contribution < 1.29 is 13.3 Å². The van der Waals surface area contributed by atoms with Crippen molar-refractivity contribution in [2.45, 2.75) is 44.0 Å². The Morgan fingerprint density at radius 1 is 1.35 bits per heavy atom. The second kappa shape index (κ2) is 4.44. The van der Waals surface area contributed by atoms with Gasteiger partial charge in [-0.1, -0.05) is 0 Å². The molecule has 1 rings (SSSR count). The zero-order chi connectivity index (χ0) is 13.4. The summed E-state index contributed by atoms with van der Waals surface area (Å²) < 4.78 is 25.1. The standard InChI is InChI=1S/C9H15N3O4S/c1-6(2)11-5-8(12(13)14)9(10-11)17(15,16)7(3)4/h5-7H,1-4H3. The Morgan fingerprint density at radius 3 is 2.24 bits per heavy atom. The third-order valence-corrected chi connectivity index (χ3v) is 4.37. The summed E-state index contributed by atoms with van der Waals surface area (Å²) in [6.45, 7) is 6.46. The molecule has 0 atom stereocenters. The van der Waals surface area contributed by atoms with Crippen molar-refractivity contribution in [2.75, 3.05) is 0 Å². The SMILES string of the molecule is CC(C)n1cc([N+](=O)[O-])c(S(=O)(=O)C(C)C)n1. The smallest absolute Gasteiger partial charge is 0.262 e. The van der Waals surface area contributed by atoms with Crippen LogP contribution in [0.25, 0.3) is 0 Å². The number of hydrogen-bond acceptors (Lipinski definition) is 5. The highest BCUT2D eigenvalue weighted by Gasteiger charge is 2.33. The van der Waals surface area contributed by atoms with Gasteiger partial charge < -0.3 is 0 Å². The number of rotatable bonds is 4. The van der Waals surface area contributed by atoms with Crippen molar-refractivity contribution in [2.24, 2.45) is 0 Å². The summed E-state index contributed by atoms with van der Waals surface area (Å²) in [5, 5.41) is 13.4. The Balaban J connectivity index is 3.47. The molecule has 0 radical (unpaired) electrons.